The Kier molecular flexibility index (Phi) is 2.19. The summed E-state index contributed by atoms with van der Waals surface area (Å²) in [7, 11) is 0. The Labute approximate surface area is 101 Å². The quantitative estimate of drug-likeness (QED) is 0.725. The number of hydrogen-bond donors (Lipinski definition) is 2. The second-order valence-corrected chi connectivity index (χ2v) is 4.71. The molecule has 0 aliphatic rings. The Morgan fingerprint density at radius 3 is 2.94 bits per heavy atom. The van der Waals surface area contributed by atoms with Gasteiger partial charge in [-0.05, 0) is 24.3 Å². The fraction of sp³-hybridized carbons (Fsp3) is 0. The molecule has 0 radical (unpaired) electrons. The molecule has 0 bridgehead atoms. The fourth-order valence-corrected chi connectivity index (χ4v) is 2.69. The van der Waals surface area contributed by atoms with Crippen molar-refractivity contribution in [1.82, 2.24) is 9.97 Å². The summed E-state index contributed by atoms with van der Waals surface area (Å²) in [4.78, 5) is 20.0. The van der Waals surface area contributed by atoms with Gasteiger partial charge in [0, 0.05) is 28.2 Å². The summed E-state index contributed by atoms with van der Waals surface area (Å²) in [5.74, 6) is -0.388. The van der Waals surface area contributed by atoms with Crippen LogP contribution in [0.25, 0.3) is 21.5 Å². The Morgan fingerprint density at radius 1 is 1.29 bits per heavy atom. The minimum absolute atomic E-state index is 0.388. The molecule has 0 saturated carbocycles. The highest BCUT2D eigenvalue weighted by Gasteiger charge is 2.10. The number of carbonyl (C=O) groups is 1. The molecule has 3 N–H and O–H groups in total. The molecule has 5 heteroatoms. The predicted molar refractivity (Wildman–Crippen MR) is 67.9 cm³/mol. The minimum atomic E-state index is -0.388. The second-order valence-electron chi connectivity index (χ2n) is 3.63. The Morgan fingerprint density at radius 2 is 2.18 bits per heavy atom. The van der Waals surface area contributed by atoms with Gasteiger partial charge >= 0.3 is 0 Å². The summed E-state index contributed by atoms with van der Waals surface area (Å²) >= 11 is 1.40. The second kappa shape index (κ2) is 3.71. The maximum absolute atomic E-state index is 11.1. The van der Waals surface area contributed by atoms with Gasteiger partial charge < -0.3 is 10.7 Å². The van der Waals surface area contributed by atoms with Crippen molar-refractivity contribution in [1.29, 1.82) is 0 Å². The standard InChI is InChI=1S/C12H9N3OS/c13-11(16)10-2-1-9(17-10)7-3-5-14-12-8(7)4-6-15-12/h1-6H,(H2,13,16)(H,14,15). The van der Waals surface area contributed by atoms with Crippen LogP contribution in [0.3, 0.4) is 0 Å². The summed E-state index contributed by atoms with van der Waals surface area (Å²) in [6.07, 6.45) is 3.60. The van der Waals surface area contributed by atoms with Gasteiger partial charge in [0.05, 0.1) is 4.88 Å². The molecule has 17 heavy (non-hydrogen) atoms. The lowest BCUT2D eigenvalue weighted by molar-refractivity contribution is 0.100. The lowest BCUT2D eigenvalue weighted by atomic mass is 10.1. The number of nitrogens with zero attached hydrogens (tertiary/aromatic N) is 1. The highest BCUT2D eigenvalue weighted by atomic mass is 32.1. The van der Waals surface area contributed by atoms with Crippen LogP contribution in [0.15, 0.2) is 36.7 Å². The molecule has 3 aromatic heterocycles. The molecule has 0 aliphatic heterocycles. The number of thiophene rings is 1. The predicted octanol–water partition coefficient (Wildman–Crippen LogP) is 2.39. The number of H-pyrrole nitrogens is 1. The zero-order valence-electron chi connectivity index (χ0n) is 8.81. The van der Waals surface area contributed by atoms with Crippen LogP contribution in [0.1, 0.15) is 9.67 Å². The van der Waals surface area contributed by atoms with E-state index < -0.39 is 0 Å². The first-order chi connectivity index (χ1) is 8.25. The molecule has 0 aromatic carbocycles. The van der Waals surface area contributed by atoms with Crippen LogP contribution in [0.5, 0.6) is 0 Å². The number of fused-ring (bicyclic) bond motifs is 1. The number of nitrogens with two attached hydrogens (primary N) is 1. The van der Waals surface area contributed by atoms with E-state index >= 15 is 0 Å². The van der Waals surface area contributed by atoms with Crippen molar-refractivity contribution in [2.75, 3.05) is 0 Å². The van der Waals surface area contributed by atoms with Gasteiger partial charge in [-0.2, -0.15) is 0 Å². The van der Waals surface area contributed by atoms with Gasteiger partial charge in [0.15, 0.2) is 0 Å². The van der Waals surface area contributed by atoms with Crippen molar-refractivity contribution in [3.63, 3.8) is 0 Å². The first kappa shape index (κ1) is 10.0. The molecule has 4 nitrogen and oxygen atoms in total. The number of hydrogen-bond acceptors (Lipinski definition) is 3. The van der Waals surface area contributed by atoms with Gasteiger partial charge in [0.1, 0.15) is 5.65 Å². The summed E-state index contributed by atoms with van der Waals surface area (Å²) in [6, 6.07) is 7.57. The third kappa shape index (κ3) is 1.60. The van der Waals surface area contributed by atoms with E-state index in [4.69, 9.17) is 5.73 Å². The summed E-state index contributed by atoms with van der Waals surface area (Å²) in [5.41, 5.74) is 7.16. The van der Waals surface area contributed by atoms with Crippen molar-refractivity contribution in [3.8, 4) is 10.4 Å². The molecular formula is C12H9N3OS. The van der Waals surface area contributed by atoms with Crippen molar-refractivity contribution >= 4 is 28.3 Å². The first-order valence-corrected chi connectivity index (χ1v) is 5.89. The molecule has 1 amide bonds. The molecule has 0 saturated heterocycles. The molecule has 0 fully saturated rings. The van der Waals surface area contributed by atoms with Gasteiger partial charge in [-0.3, -0.25) is 4.79 Å². The Bertz CT molecular complexity index is 698. The summed E-state index contributed by atoms with van der Waals surface area (Å²) in [5, 5.41) is 1.05. The molecule has 84 valence electrons. The van der Waals surface area contributed by atoms with Crippen LogP contribution in [0.2, 0.25) is 0 Å². The summed E-state index contributed by atoms with van der Waals surface area (Å²) in [6.45, 7) is 0. The van der Waals surface area contributed by atoms with Crippen LogP contribution >= 0.6 is 11.3 Å². The highest BCUT2D eigenvalue weighted by Crippen LogP contribution is 2.32. The average Bonchev–Trinajstić information content (AvgIpc) is 2.97. The van der Waals surface area contributed by atoms with Crippen LogP contribution in [0.4, 0.5) is 0 Å². The first-order valence-electron chi connectivity index (χ1n) is 5.08. The number of amides is 1. The number of aromatic nitrogens is 2. The van der Waals surface area contributed by atoms with Gasteiger partial charge in [0.25, 0.3) is 5.91 Å². The van der Waals surface area contributed by atoms with Crippen LogP contribution < -0.4 is 5.73 Å². The van der Waals surface area contributed by atoms with E-state index in [1.54, 1.807) is 12.3 Å². The number of pyridine rings is 1. The normalized spacial score (nSPS) is 10.8. The molecule has 0 atom stereocenters. The monoisotopic (exact) mass is 243 g/mol. The van der Waals surface area contributed by atoms with Crippen LogP contribution in [-0.4, -0.2) is 15.9 Å². The molecular weight excluding hydrogens is 234 g/mol. The van der Waals surface area contributed by atoms with Gasteiger partial charge in [-0.25, -0.2) is 4.98 Å². The number of aromatic amines is 1. The van der Waals surface area contributed by atoms with E-state index in [0.29, 0.717) is 4.88 Å². The molecule has 0 aliphatic carbocycles. The van der Waals surface area contributed by atoms with Crippen molar-refractivity contribution in [2.24, 2.45) is 5.73 Å². The maximum Gasteiger partial charge on any atom is 0.258 e. The van der Waals surface area contributed by atoms with Gasteiger partial charge in [-0.15, -0.1) is 11.3 Å². The fourth-order valence-electron chi connectivity index (χ4n) is 1.79. The lowest BCUT2D eigenvalue weighted by Gasteiger charge is -1.98. The van der Waals surface area contributed by atoms with Crippen molar-refractivity contribution in [3.05, 3.63) is 41.5 Å². The van der Waals surface area contributed by atoms with E-state index in [1.807, 2.05) is 24.4 Å². The maximum atomic E-state index is 11.1. The summed E-state index contributed by atoms with van der Waals surface area (Å²) < 4.78 is 0. The van der Waals surface area contributed by atoms with E-state index in [1.165, 1.54) is 11.3 Å². The zero-order valence-corrected chi connectivity index (χ0v) is 9.62. The molecule has 3 aromatic rings. The van der Waals surface area contributed by atoms with Crippen LogP contribution in [0, 0.1) is 0 Å². The number of carbonyl (C=O) groups excluding carboxylic acids is 1. The van der Waals surface area contributed by atoms with E-state index in [9.17, 15) is 4.79 Å². The van der Waals surface area contributed by atoms with Gasteiger partial charge in [0.2, 0.25) is 0 Å². The SMILES string of the molecule is NC(=O)c1ccc(-c2ccnc3[nH]ccc23)s1. The smallest absolute Gasteiger partial charge is 0.258 e. The molecule has 0 unspecified atom stereocenters. The van der Waals surface area contributed by atoms with Crippen molar-refractivity contribution in [2.45, 2.75) is 0 Å². The molecule has 3 rings (SSSR count). The van der Waals surface area contributed by atoms with E-state index in [2.05, 4.69) is 9.97 Å². The highest BCUT2D eigenvalue weighted by molar-refractivity contribution is 7.17. The van der Waals surface area contributed by atoms with Gasteiger partial charge in [-0.1, -0.05) is 0 Å². The minimum Gasteiger partial charge on any atom is -0.365 e. The van der Waals surface area contributed by atoms with Crippen LogP contribution in [-0.2, 0) is 0 Å². The topological polar surface area (TPSA) is 71.8 Å². The lowest BCUT2D eigenvalue weighted by Crippen LogP contribution is -2.07. The third-order valence-electron chi connectivity index (χ3n) is 2.57. The average molecular weight is 243 g/mol. The van der Waals surface area contributed by atoms with Crippen molar-refractivity contribution < 1.29 is 4.79 Å². The Hall–Kier alpha value is -2.14. The van der Waals surface area contributed by atoms with E-state index in [0.717, 1.165) is 21.5 Å². The number of rotatable bonds is 2. The molecule has 0 spiro atoms. The van der Waals surface area contributed by atoms with E-state index in [-0.39, 0.29) is 5.91 Å². The zero-order chi connectivity index (χ0) is 11.8. The third-order valence-corrected chi connectivity index (χ3v) is 3.71. The number of primary amides is 1. The largest absolute Gasteiger partial charge is 0.365 e. The number of nitrogens with one attached hydrogen (secondary N) is 1. The molecule has 3 heterocycles. The Balaban J connectivity index is 2.19.